The van der Waals surface area contributed by atoms with Gasteiger partial charge in [-0.15, -0.1) is 20.4 Å². The topological polar surface area (TPSA) is 124 Å². The molecule has 20 heavy (non-hydrogen) atoms. The summed E-state index contributed by atoms with van der Waals surface area (Å²) in [6.45, 7) is 2.08. The van der Waals surface area contributed by atoms with Gasteiger partial charge in [0, 0.05) is 11.9 Å². The van der Waals surface area contributed by atoms with Crippen molar-refractivity contribution in [2.45, 2.75) is 13.5 Å². The van der Waals surface area contributed by atoms with E-state index in [9.17, 15) is 4.79 Å². The second kappa shape index (κ2) is 4.81. The average Bonchev–Trinajstić information content (AvgIpc) is 3.01. The molecule has 0 aliphatic rings. The Labute approximate surface area is 116 Å². The van der Waals surface area contributed by atoms with Gasteiger partial charge in [0.15, 0.2) is 0 Å². The number of nitrogens with zero attached hydrogens (tertiary/aromatic N) is 6. The molecule has 0 bridgehead atoms. The van der Waals surface area contributed by atoms with Crippen LogP contribution in [0.5, 0.6) is 0 Å². The smallest absolute Gasteiger partial charge is 0.290 e. The summed E-state index contributed by atoms with van der Waals surface area (Å²) in [6.07, 6.45) is 1.70. The van der Waals surface area contributed by atoms with Gasteiger partial charge in [0.05, 0.1) is 6.54 Å². The van der Waals surface area contributed by atoms with Crippen LogP contribution in [0, 0.1) is 6.92 Å². The van der Waals surface area contributed by atoms with Crippen LogP contribution < -0.4 is 11.1 Å². The van der Waals surface area contributed by atoms with E-state index in [1.165, 1.54) is 15.7 Å². The summed E-state index contributed by atoms with van der Waals surface area (Å²) in [4.78, 5) is 16.2. The van der Waals surface area contributed by atoms with Gasteiger partial charge in [-0.2, -0.15) is 0 Å². The molecule has 0 spiro atoms. The summed E-state index contributed by atoms with van der Waals surface area (Å²) in [5.41, 5.74) is 6.27. The van der Waals surface area contributed by atoms with Crippen molar-refractivity contribution < 1.29 is 4.79 Å². The number of amides is 1. The fourth-order valence-corrected chi connectivity index (χ4v) is 2.15. The first-order chi connectivity index (χ1) is 9.63. The number of carbonyl (C=O) groups excluding carboxylic acids is 1. The molecule has 9 nitrogen and oxygen atoms in total. The highest BCUT2D eigenvalue weighted by Gasteiger charge is 2.15. The van der Waals surface area contributed by atoms with Crippen molar-refractivity contribution in [1.29, 1.82) is 0 Å². The zero-order valence-corrected chi connectivity index (χ0v) is 11.3. The maximum atomic E-state index is 12.0. The number of anilines is 1. The number of rotatable bonds is 3. The van der Waals surface area contributed by atoms with Crippen LogP contribution in [0.4, 0.5) is 5.13 Å². The minimum Gasteiger partial charge on any atom is -0.374 e. The molecule has 3 aromatic rings. The summed E-state index contributed by atoms with van der Waals surface area (Å²) < 4.78 is 1.52. The quantitative estimate of drug-likeness (QED) is 0.684. The predicted molar refractivity (Wildman–Crippen MR) is 71.0 cm³/mol. The summed E-state index contributed by atoms with van der Waals surface area (Å²) in [5.74, 6) is 0.192. The van der Waals surface area contributed by atoms with Crippen molar-refractivity contribution in [2.75, 3.05) is 5.73 Å². The lowest BCUT2D eigenvalue weighted by molar-refractivity contribution is 0.0939. The van der Waals surface area contributed by atoms with Crippen LogP contribution >= 0.6 is 11.3 Å². The third-order valence-corrected chi connectivity index (χ3v) is 3.26. The molecule has 0 aliphatic carbocycles. The van der Waals surface area contributed by atoms with Crippen molar-refractivity contribution in [3.8, 4) is 0 Å². The minimum atomic E-state index is -0.364. The van der Waals surface area contributed by atoms with Gasteiger partial charge < -0.3 is 11.1 Å². The molecule has 0 saturated heterocycles. The third kappa shape index (κ3) is 2.28. The van der Waals surface area contributed by atoms with Crippen molar-refractivity contribution in [1.82, 2.24) is 35.1 Å². The van der Waals surface area contributed by atoms with Crippen LogP contribution in [-0.4, -0.2) is 35.7 Å². The van der Waals surface area contributed by atoms with Crippen LogP contribution in [0.2, 0.25) is 0 Å². The number of fused-ring (bicyclic) bond motifs is 1. The highest BCUT2D eigenvalue weighted by atomic mass is 32.1. The van der Waals surface area contributed by atoms with E-state index in [2.05, 4.69) is 30.7 Å². The first-order valence-electron chi connectivity index (χ1n) is 5.68. The lowest BCUT2D eigenvalue weighted by atomic mass is 10.4. The molecule has 3 N–H and O–H groups in total. The van der Waals surface area contributed by atoms with E-state index in [0.717, 1.165) is 5.69 Å². The molecule has 102 valence electrons. The van der Waals surface area contributed by atoms with E-state index in [1.807, 2.05) is 6.92 Å². The summed E-state index contributed by atoms with van der Waals surface area (Å²) in [6, 6.07) is 1.78. The van der Waals surface area contributed by atoms with Crippen LogP contribution in [0.1, 0.15) is 21.3 Å². The van der Waals surface area contributed by atoms with Gasteiger partial charge in [-0.05, 0) is 13.0 Å². The van der Waals surface area contributed by atoms with Crippen LogP contribution in [-0.2, 0) is 6.54 Å². The van der Waals surface area contributed by atoms with E-state index < -0.39 is 0 Å². The Morgan fingerprint density at radius 2 is 2.25 bits per heavy atom. The van der Waals surface area contributed by atoms with Gasteiger partial charge in [0.25, 0.3) is 11.7 Å². The maximum Gasteiger partial charge on any atom is 0.290 e. The number of nitrogens with two attached hydrogens (primary N) is 1. The van der Waals surface area contributed by atoms with E-state index in [-0.39, 0.29) is 18.3 Å². The van der Waals surface area contributed by atoms with Crippen molar-refractivity contribution in [2.24, 2.45) is 0 Å². The standard InChI is InChI=1S/C10H10N8OS/c1-5-2-3-18-7(15-17-10(18)13-5)8(19)12-4-6-14-16-9(11)20-6/h2-3H,4H2,1H3,(H2,11,16)(H,12,19). The highest BCUT2D eigenvalue weighted by Crippen LogP contribution is 2.10. The molecule has 0 aliphatic heterocycles. The summed E-state index contributed by atoms with van der Waals surface area (Å²) in [5, 5.41) is 18.8. The van der Waals surface area contributed by atoms with Gasteiger partial charge in [0.2, 0.25) is 11.0 Å². The lowest BCUT2D eigenvalue weighted by Crippen LogP contribution is -2.25. The van der Waals surface area contributed by atoms with Crippen LogP contribution in [0.25, 0.3) is 5.78 Å². The molecular weight excluding hydrogens is 280 g/mol. The van der Waals surface area contributed by atoms with Crippen LogP contribution in [0.3, 0.4) is 0 Å². The molecule has 0 aromatic carbocycles. The molecule has 3 heterocycles. The van der Waals surface area contributed by atoms with Gasteiger partial charge in [-0.25, -0.2) is 4.98 Å². The van der Waals surface area contributed by atoms with Crippen molar-refractivity contribution in [3.63, 3.8) is 0 Å². The van der Waals surface area contributed by atoms with Gasteiger partial charge in [-0.3, -0.25) is 9.20 Å². The highest BCUT2D eigenvalue weighted by molar-refractivity contribution is 7.15. The number of hydrogen-bond acceptors (Lipinski definition) is 8. The lowest BCUT2D eigenvalue weighted by Gasteiger charge is -2.01. The first-order valence-corrected chi connectivity index (χ1v) is 6.49. The fraction of sp³-hybridized carbons (Fsp3) is 0.200. The normalized spacial score (nSPS) is 10.8. The Hall–Kier alpha value is -2.62. The number of hydrogen-bond donors (Lipinski definition) is 2. The molecule has 0 unspecified atom stereocenters. The largest absolute Gasteiger partial charge is 0.374 e. The van der Waals surface area contributed by atoms with E-state index in [0.29, 0.717) is 15.9 Å². The minimum absolute atomic E-state index is 0.171. The molecular formula is C10H10N8OS. The van der Waals surface area contributed by atoms with E-state index >= 15 is 0 Å². The van der Waals surface area contributed by atoms with Gasteiger partial charge >= 0.3 is 0 Å². The second-order valence-corrected chi connectivity index (χ2v) is 5.07. The predicted octanol–water partition coefficient (Wildman–Crippen LogP) is -0.204. The Morgan fingerprint density at radius 3 is 3.00 bits per heavy atom. The Kier molecular flexibility index (Phi) is 2.99. The van der Waals surface area contributed by atoms with Gasteiger partial charge in [-0.1, -0.05) is 11.3 Å². The Bertz CT molecular complexity index is 779. The van der Waals surface area contributed by atoms with Crippen molar-refractivity contribution in [3.05, 3.63) is 28.8 Å². The summed E-state index contributed by atoms with van der Waals surface area (Å²) >= 11 is 1.22. The molecule has 0 radical (unpaired) electrons. The molecule has 3 aromatic heterocycles. The Balaban J connectivity index is 1.78. The molecule has 10 heteroatoms. The number of carbonyl (C=O) groups is 1. The number of aromatic nitrogens is 6. The second-order valence-electron chi connectivity index (χ2n) is 3.98. The van der Waals surface area contributed by atoms with Crippen LogP contribution in [0.15, 0.2) is 12.3 Å². The number of nitrogen functional groups attached to an aromatic ring is 1. The maximum absolute atomic E-state index is 12.0. The fourth-order valence-electron chi connectivity index (χ4n) is 1.60. The molecule has 3 rings (SSSR count). The number of nitrogens with one attached hydrogen (secondary N) is 1. The monoisotopic (exact) mass is 290 g/mol. The summed E-state index contributed by atoms with van der Waals surface area (Å²) in [7, 11) is 0. The zero-order chi connectivity index (χ0) is 14.1. The van der Waals surface area contributed by atoms with E-state index in [4.69, 9.17) is 5.73 Å². The SMILES string of the molecule is Cc1ccn2c(C(=O)NCc3nnc(N)s3)nnc2n1. The number of aryl methyl sites for hydroxylation is 1. The molecule has 0 fully saturated rings. The van der Waals surface area contributed by atoms with E-state index in [1.54, 1.807) is 12.3 Å². The average molecular weight is 290 g/mol. The van der Waals surface area contributed by atoms with Crippen molar-refractivity contribution >= 4 is 28.2 Å². The Morgan fingerprint density at radius 1 is 1.40 bits per heavy atom. The molecule has 1 amide bonds. The molecule has 0 saturated carbocycles. The molecule has 0 atom stereocenters. The first kappa shape index (κ1) is 12.4. The third-order valence-electron chi connectivity index (χ3n) is 2.50. The zero-order valence-electron chi connectivity index (χ0n) is 10.4. The van der Waals surface area contributed by atoms with Gasteiger partial charge in [0.1, 0.15) is 5.01 Å².